The highest BCUT2D eigenvalue weighted by molar-refractivity contribution is 6.28. The molecule has 0 aliphatic carbocycles. The van der Waals surface area contributed by atoms with Crippen molar-refractivity contribution in [3.63, 3.8) is 0 Å². The standard InChI is InChI=1S/C8H11ClF2N4O/c9-8-14-3-5(12)7(15-8)13-1-2-16-4-6(10)11/h3,6H,1-2,4,12H2,(H,13,14,15). The van der Waals surface area contributed by atoms with Gasteiger partial charge in [0, 0.05) is 6.54 Å². The number of anilines is 2. The summed E-state index contributed by atoms with van der Waals surface area (Å²) in [6, 6.07) is 0. The van der Waals surface area contributed by atoms with Crippen LogP contribution in [0.4, 0.5) is 20.3 Å². The van der Waals surface area contributed by atoms with E-state index in [0.29, 0.717) is 18.1 Å². The SMILES string of the molecule is Nc1cnc(Cl)nc1NCCOCC(F)F. The quantitative estimate of drug-likeness (QED) is 0.592. The van der Waals surface area contributed by atoms with Crippen LogP contribution < -0.4 is 11.1 Å². The molecule has 0 bridgehead atoms. The lowest BCUT2D eigenvalue weighted by molar-refractivity contribution is 0.0215. The summed E-state index contributed by atoms with van der Waals surface area (Å²) in [5, 5.41) is 2.86. The average Bonchev–Trinajstić information content (AvgIpc) is 2.22. The first-order chi connectivity index (χ1) is 7.59. The summed E-state index contributed by atoms with van der Waals surface area (Å²) >= 11 is 5.55. The lowest BCUT2D eigenvalue weighted by atomic mass is 10.5. The van der Waals surface area contributed by atoms with Gasteiger partial charge in [0.15, 0.2) is 5.82 Å². The van der Waals surface area contributed by atoms with Crippen molar-refractivity contribution in [2.75, 3.05) is 30.8 Å². The maximum Gasteiger partial charge on any atom is 0.261 e. The highest BCUT2D eigenvalue weighted by Gasteiger charge is 2.03. The largest absolute Gasteiger partial charge is 0.394 e. The third-order valence-electron chi connectivity index (χ3n) is 1.57. The minimum absolute atomic E-state index is 0.0604. The predicted molar refractivity (Wildman–Crippen MR) is 56.8 cm³/mol. The highest BCUT2D eigenvalue weighted by Crippen LogP contribution is 2.15. The van der Waals surface area contributed by atoms with Crippen molar-refractivity contribution in [2.45, 2.75) is 6.43 Å². The van der Waals surface area contributed by atoms with Crippen LogP contribution in [-0.4, -0.2) is 36.2 Å². The molecule has 1 heterocycles. The van der Waals surface area contributed by atoms with Gasteiger partial charge in [0.25, 0.3) is 6.43 Å². The van der Waals surface area contributed by atoms with Gasteiger partial charge in [0.2, 0.25) is 5.28 Å². The first kappa shape index (κ1) is 12.9. The molecule has 0 aliphatic rings. The second kappa shape index (κ2) is 6.39. The summed E-state index contributed by atoms with van der Waals surface area (Å²) in [7, 11) is 0. The molecule has 16 heavy (non-hydrogen) atoms. The van der Waals surface area contributed by atoms with Crippen LogP contribution in [0.25, 0.3) is 0 Å². The number of aromatic nitrogens is 2. The molecule has 0 saturated heterocycles. The van der Waals surface area contributed by atoms with Gasteiger partial charge in [-0.1, -0.05) is 0 Å². The molecule has 1 aromatic rings. The number of hydrogen-bond donors (Lipinski definition) is 2. The van der Waals surface area contributed by atoms with Gasteiger partial charge >= 0.3 is 0 Å². The summed E-state index contributed by atoms with van der Waals surface area (Å²) in [5.41, 5.74) is 5.88. The summed E-state index contributed by atoms with van der Waals surface area (Å²) in [4.78, 5) is 7.49. The molecule has 0 aliphatic heterocycles. The van der Waals surface area contributed by atoms with Gasteiger partial charge in [0.05, 0.1) is 18.5 Å². The number of halogens is 3. The molecule has 0 fully saturated rings. The topological polar surface area (TPSA) is 73.1 Å². The van der Waals surface area contributed by atoms with Crippen LogP contribution in [0.5, 0.6) is 0 Å². The molecule has 0 amide bonds. The van der Waals surface area contributed by atoms with Crippen LogP contribution in [0.2, 0.25) is 5.28 Å². The Morgan fingerprint density at radius 1 is 1.56 bits per heavy atom. The Balaban J connectivity index is 2.29. The molecular formula is C8H11ClF2N4O. The van der Waals surface area contributed by atoms with E-state index >= 15 is 0 Å². The monoisotopic (exact) mass is 252 g/mol. The fourth-order valence-corrected chi connectivity index (χ4v) is 1.06. The van der Waals surface area contributed by atoms with Crippen molar-refractivity contribution in [3.05, 3.63) is 11.5 Å². The zero-order valence-corrected chi connectivity index (χ0v) is 9.05. The Morgan fingerprint density at radius 2 is 2.31 bits per heavy atom. The van der Waals surface area contributed by atoms with Gasteiger partial charge < -0.3 is 15.8 Å². The molecule has 1 rings (SSSR count). The van der Waals surface area contributed by atoms with Crippen LogP contribution >= 0.6 is 11.6 Å². The van der Waals surface area contributed by atoms with Crippen molar-refractivity contribution < 1.29 is 13.5 Å². The van der Waals surface area contributed by atoms with E-state index in [1.807, 2.05) is 0 Å². The van der Waals surface area contributed by atoms with E-state index in [-0.39, 0.29) is 11.9 Å². The molecular weight excluding hydrogens is 242 g/mol. The lowest BCUT2D eigenvalue weighted by Crippen LogP contribution is -2.14. The summed E-state index contributed by atoms with van der Waals surface area (Å²) in [5.74, 6) is 0.362. The number of alkyl halides is 2. The normalized spacial score (nSPS) is 10.8. The molecule has 5 nitrogen and oxygen atoms in total. The third-order valence-corrected chi connectivity index (χ3v) is 1.75. The van der Waals surface area contributed by atoms with Gasteiger partial charge in [-0.15, -0.1) is 0 Å². The van der Waals surface area contributed by atoms with E-state index in [1.54, 1.807) is 0 Å². The number of nitrogen functional groups attached to an aromatic ring is 1. The van der Waals surface area contributed by atoms with Crippen molar-refractivity contribution in [1.82, 2.24) is 9.97 Å². The molecule has 8 heteroatoms. The van der Waals surface area contributed by atoms with E-state index in [0.717, 1.165) is 0 Å². The van der Waals surface area contributed by atoms with Crippen LogP contribution in [0.3, 0.4) is 0 Å². The van der Waals surface area contributed by atoms with Crippen molar-refractivity contribution in [1.29, 1.82) is 0 Å². The number of rotatable bonds is 6. The zero-order valence-electron chi connectivity index (χ0n) is 8.29. The second-order valence-corrected chi connectivity index (χ2v) is 3.17. The van der Waals surface area contributed by atoms with Crippen LogP contribution in [0.1, 0.15) is 0 Å². The van der Waals surface area contributed by atoms with E-state index < -0.39 is 13.0 Å². The van der Waals surface area contributed by atoms with Crippen molar-refractivity contribution in [3.8, 4) is 0 Å². The van der Waals surface area contributed by atoms with E-state index in [9.17, 15) is 8.78 Å². The van der Waals surface area contributed by atoms with Crippen LogP contribution in [0.15, 0.2) is 6.20 Å². The highest BCUT2D eigenvalue weighted by atomic mass is 35.5. The minimum Gasteiger partial charge on any atom is -0.394 e. The molecule has 1 aromatic heterocycles. The molecule has 0 radical (unpaired) electrons. The van der Waals surface area contributed by atoms with Crippen molar-refractivity contribution in [2.24, 2.45) is 0 Å². The smallest absolute Gasteiger partial charge is 0.261 e. The van der Waals surface area contributed by atoms with Crippen LogP contribution in [0, 0.1) is 0 Å². The summed E-state index contributed by atoms with van der Waals surface area (Å²) in [6.45, 7) is -0.142. The Bertz CT molecular complexity index is 340. The first-order valence-corrected chi connectivity index (χ1v) is 4.85. The first-order valence-electron chi connectivity index (χ1n) is 4.47. The molecule has 3 N–H and O–H groups in total. The number of nitrogens with one attached hydrogen (secondary N) is 1. The number of ether oxygens (including phenoxy) is 1. The third kappa shape index (κ3) is 4.54. The number of nitrogens with zero attached hydrogens (tertiary/aromatic N) is 2. The van der Waals surface area contributed by atoms with Gasteiger partial charge in [-0.3, -0.25) is 0 Å². The molecule has 0 saturated carbocycles. The Kier molecular flexibility index (Phi) is 5.13. The fourth-order valence-electron chi connectivity index (χ4n) is 0.925. The van der Waals surface area contributed by atoms with Gasteiger partial charge in [-0.05, 0) is 11.6 Å². The summed E-state index contributed by atoms with van der Waals surface area (Å²) < 4.78 is 28.1. The zero-order chi connectivity index (χ0) is 12.0. The number of nitrogens with two attached hydrogens (primary N) is 1. The summed E-state index contributed by atoms with van der Waals surface area (Å²) in [6.07, 6.45) is -1.10. The molecule has 0 unspecified atom stereocenters. The Morgan fingerprint density at radius 3 is 3.00 bits per heavy atom. The van der Waals surface area contributed by atoms with E-state index in [4.69, 9.17) is 17.3 Å². The van der Waals surface area contributed by atoms with E-state index in [2.05, 4.69) is 20.0 Å². The minimum atomic E-state index is -2.46. The predicted octanol–water partition coefficient (Wildman–Crippen LogP) is 1.41. The van der Waals surface area contributed by atoms with Crippen LogP contribution in [-0.2, 0) is 4.74 Å². The Hall–Kier alpha value is -1.21. The molecule has 0 atom stereocenters. The van der Waals surface area contributed by atoms with E-state index in [1.165, 1.54) is 6.20 Å². The maximum absolute atomic E-state index is 11.7. The van der Waals surface area contributed by atoms with Crippen molar-refractivity contribution >= 4 is 23.1 Å². The fraction of sp³-hybridized carbons (Fsp3) is 0.500. The molecule has 0 aromatic carbocycles. The molecule has 0 spiro atoms. The van der Waals surface area contributed by atoms with Gasteiger partial charge in [0.1, 0.15) is 6.61 Å². The molecule has 90 valence electrons. The Labute approximate surface area is 96.0 Å². The second-order valence-electron chi connectivity index (χ2n) is 2.84. The average molecular weight is 253 g/mol. The van der Waals surface area contributed by atoms with Gasteiger partial charge in [-0.25, -0.2) is 13.8 Å². The van der Waals surface area contributed by atoms with Gasteiger partial charge in [-0.2, -0.15) is 4.98 Å². The lowest BCUT2D eigenvalue weighted by Gasteiger charge is -2.08. The number of hydrogen-bond acceptors (Lipinski definition) is 5. The maximum atomic E-state index is 11.7.